The normalized spacial score (nSPS) is 20.1. The number of hydrazone groups is 1. The van der Waals surface area contributed by atoms with Crippen LogP contribution in [0.4, 0.5) is 5.69 Å². The Bertz CT molecular complexity index is 806. The van der Waals surface area contributed by atoms with Crippen molar-refractivity contribution in [1.29, 1.82) is 0 Å². The van der Waals surface area contributed by atoms with Crippen LogP contribution in [0.3, 0.4) is 0 Å². The van der Waals surface area contributed by atoms with E-state index in [4.69, 9.17) is 15.3 Å². The number of aliphatic imine (C=N–C) groups is 1. The number of benzene rings is 1. The SMILES string of the molecule is Cc1ccc(C#CC2CC2)cc1N(C)/C(C=NCC1OCC(C)(C)CO1)=N/N. The second-order valence-corrected chi connectivity index (χ2v) is 8.30. The van der Waals surface area contributed by atoms with Gasteiger partial charge in [0.25, 0.3) is 0 Å². The number of rotatable bonds is 4. The van der Waals surface area contributed by atoms with Gasteiger partial charge in [-0.05, 0) is 37.5 Å². The number of ether oxygens (including phenoxy) is 2. The summed E-state index contributed by atoms with van der Waals surface area (Å²) >= 11 is 0. The molecular formula is C22H30N4O2. The first-order valence-corrected chi connectivity index (χ1v) is 9.75. The molecule has 0 atom stereocenters. The van der Waals surface area contributed by atoms with Crippen LogP contribution in [-0.4, -0.2) is 45.1 Å². The first-order valence-electron chi connectivity index (χ1n) is 9.75. The Balaban J connectivity index is 1.64. The summed E-state index contributed by atoms with van der Waals surface area (Å²) in [5, 5.41) is 3.90. The lowest BCUT2D eigenvalue weighted by Gasteiger charge is -2.33. The van der Waals surface area contributed by atoms with Gasteiger partial charge in [0, 0.05) is 29.6 Å². The molecule has 1 aromatic rings. The lowest BCUT2D eigenvalue weighted by molar-refractivity contribution is -0.215. The van der Waals surface area contributed by atoms with Crippen molar-refractivity contribution >= 4 is 17.7 Å². The van der Waals surface area contributed by atoms with Gasteiger partial charge in [0.05, 0.1) is 26.0 Å². The Morgan fingerprint density at radius 3 is 2.68 bits per heavy atom. The summed E-state index contributed by atoms with van der Waals surface area (Å²) in [6, 6.07) is 6.19. The van der Waals surface area contributed by atoms with Crippen molar-refractivity contribution in [2.24, 2.45) is 27.3 Å². The fourth-order valence-corrected chi connectivity index (χ4v) is 2.84. The molecule has 1 saturated heterocycles. The molecule has 0 aromatic heterocycles. The van der Waals surface area contributed by atoms with Crippen molar-refractivity contribution in [3.63, 3.8) is 0 Å². The summed E-state index contributed by atoms with van der Waals surface area (Å²) in [6.45, 7) is 8.03. The van der Waals surface area contributed by atoms with Crippen LogP contribution < -0.4 is 10.7 Å². The molecule has 2 aliphatic rings. The van der Waals surface area contributed by atoms with Gasteiger partial charge in [-0.1, -0.05) is 31.8 Å². The lowest BCUT2D eigenvalue weighted by Crippen LogP contribution is -2.39. The van der Waals surface area contributed by atoms with Gasteiger partial charge in [-0.25, -0.2) is 0 Å². The van der Waals surface area contributed by atoms with E-state index in [1.165, 1.54) is 12.8 Å². The largest absolute Gasteiger partial charge is 0.350 e. The molecule has 6 heteroatoms. The van der Waals surface area contributed by atoms with E-state index in [0.29, 0.717) is 31.5 Å². The van der Waals surface area contributed by atoms with Crippen LogP contribution in [0.25, 0.3) is 0 Å². The fraction of sp³-hybridized carbons (Fsp3) is 0.545. The lowest BCUT2D eigenvalue weighted by atomic mass is 9.96. The molecule has 0 unspecified atom stereocenters. The van der Waals surface area contributed by atoms with E-state index in [1.54, 1.807) is 6.21 Å². The van der Waals surface area contributed by atoms with E-state index < -0.39 is 0 Å². The minimum absolute atomic E-state index is 0.0508. The molecule has 1 saturated carbocycles. The van der Waals surface area contributed by atoms with Crippen molar-refractivity contribution in [1.82, 2.24) is 0 Å². The molecule has 3 rings (SSSR count). The Kier molecular flexibility index (Phi) is 6.38. The summed E-state index contributed by atoms with van der Waals surface area (Å²) in [5.74, 6) is 13.3. The second-order valence-electron chi connectivity index (χ2n) is 8.30. The minimum Gasteiger partial charge on any atom is -0.350 e. The molecule has 1 aliphatic carbocycles. The molecule has 0 spiro atoms. The zero-order valence-corrected chi connectivity index (χ0v) is 17.2. The number of hydrogen-bond donors (Lipinski definition) is 1. The maximum atomic E-state index is 5.70. The average molecular weight is 383 g/mol. The van der Waals surface area contributed by atoms with Crippen LogP contribution in [0.5, 0.6) is 0 Å². The maximum absolute atomic E-state index is 5.70. The number of hydrogen-bond acceptors (Lipinski definition) is 5. The molecule has 6 nitrogen and oxygen atoms in total. The molecular weight excluding hydrogens is 352 g/mol. The molecule has 1 aromatic carbocycles. The van der Waals surface area contributed by atoms with Crippen LogP contribution in [0.1, 0.15) is 37.8 Å². The van der Waals surface area contributed by atoms with E-state index >= 15 is 0 Å². The van der Waals surface area contributed by atoms with Gasteiger partial charge in [-0.15, -0.1) is 0 Å². The van der Waals surface area contributed by atoms with Crippen molar-refractivity contribution in [3.05, 3.63) is 29.3 Å². The zero-order valence-electron chi connectivity index (χ0n) is 17.2. The van der Waals surface area contributed by atoms with Gasteiger partial charge in [0.1, 0.15) is 0 Å². The predicted molar refractivity (Wildman–Crippen MR) is 114 cm³/mol. The quantitative estimate of drug-likeness (QED) is 0.286. The Morgan fingerprint density at radius 1 is 1.32 bits per heavy atom. The van der Waals surface area contributed by atoms with Crippen LogP contribution in [-0.2, 0) is 9.47 Å². The number of nitrogens with zero attached hydrogens (tertiary/aromatic N) is 3. The van der Waals surface area contributed by atoms with Crippen LogP contribution in [0.15, 0.2) is 28.3 Å². The van der Waals surface area contributed by atoms with Gasteiger partial charge in [0.2, 0.25) is 0 Å². The van der Waals surface area contributed by atoms with E-state index in [-0.39, 0.29) is 11.7 Å². The highest BCUT2D eigenvalue weighted by molar-refractivity contribution is 6.35. The van der Waals surface area contributed by atoms with E-state index in [0.717, 1.165) is 16.8 Å². The Hall–Kier alpha value is -2.36. The second kappa shape index (κ2) is 8.76. The Labute approximate surface area is 167 Å². The molecule has 1 heterocycles. The van der Waals surface area contributed by atoms with Gasteiger partial charge in [-0.2, -0.15) is 5.10 Å². The topological polar surface area (TPSA) is 72.4 Å². The third kappa shape index (κ3) is 5.57. The number of nitrogens with two attached hydrogens (primary N) is 1. The molecule has 28 heavy (non-hydrogen) atoms. The molecule has 0 radical (unpaired) electrons. The molecule has 2 fully saturated rings. The summed E-state index contributed by atoms with van der Waals surface area (Å²) in [5.41, 5.74) is 3.18. The fourth-order valence-electron chi connectivity index (χ4n) is 2.84. The van der Waals surface area contributed by atoms with Crippen LogP contribution >= 0.6 is 0 Å². The standard InChI is InChI=1S/C22H30N4O2/c1-16-5-6-18(10-9-17-7-8-17)11-19(16)26(4)20(25-23)12-24-13-21-27-14-22(2,3)15-28-21/h5-6,11-12,17,21H,7-8,13-15,23H2,1-4H3/b24-12?,25-20+. The van der Waals surface area contributed by atoms with Gasteiger partial charge >= 0.3 is 0 Å². The third-order valence-electron chi connectivity index (χ3n) is 4.83. The van der Waals surface area contributed by atoms with E-state index in [1.807, 2.05) is 11.9 Å². The summed E-state index contributed by atoms with van der Waals surface area (Å²) in [4.78, 5) is 6.35. The third-order valence-corrected chi connectivity index (χ3v) is 4.83. The van der Waals surface area contributed by atoms with Gasteiger partial charge in [-0.3, -0.25) is 4.99 Å². The highest BCUT2D eigenvalue weighted by atomic mass is 16.7. The van der Waals surface area contributed by atoms with E-state index in [2.05, 4.69) is 60.9 Å². The molecule has 0 bridgehead atoms. The summed E-state index contributed by atoms with van der Waals surface area (Å²) in [6.07, 6.45) is 3.78. The maximum Gasteiger partial charge on any atom is 0.176 e. The predicted octanol–water partition coefficient (Wildman–Crippen LogP) is 2.93. The monoisotopic (exact) mass is 382 g/mol. The van der Waals surface area contributed by atoms with Crippen LogP contribution in [0.2, 0.25) is 0 Å². The van der Waals surface area contributed by atoms with E-state index in [9.17, 15) is 0 Å². The summed E-state index contributed by atoms with van der Waals surface area (Å²) in [7, 11) is 1.92. The summed E-state index contributed by atoms with van der Waals surface area (Å²) < 4.78 is 11.4. The molecule has 2 N–H and O–H groups in total. The smallest absolute Gasteiger partial charge is 0.176 e. The minimum atomic E-state index is -0.323. The molecule has 0 amide bonds. The van der Waals surface area contributed by atoms with Crippen molar-refractivity contribution in [2.45, 2.75) is 39.9 Å². The average Bonchev–Trinajstić information content (AvgIpc) is 3.50. The first-order chi connectivity index (χ1) is 13.4. The highest BCUT2D eigenvalue weighted by Crippen LogP contribution is 2.28. The van der Waals surface area contributed by atoms with Gasteiger partial charge in [0.15, 0.2) is 12.1 Å². The number of amidine groups is 1. The van der Waals surface area contributed by atoms with Gasteiger partial charge < -0.3 is 20.2 Å². The number of aryl methyl sites for hydroxylation is 1. The highest BCUT2D eigenvalue weighted by Gasteiger charge is 2.27. The number of anilines is 1. The zero-order chi connectivity index (χ0) is 20.1. The Morgan fingerprint density at radius 2 is 2.04 bits per heavy atom. The molecule has 1 aliphatic heterocycles. The molecule has 150 valence electrons. The van der Waals surface area contributed by atoms with Crippen molar-refractivity contribution in [3.8, 4) is 11.8 Å². The van der Waals surface area contributed by atoms with Crippen LogP contribution in [0, 0.1) is 30.1 Å². The first kappa shape index (κ1) is 20.4. The van der Waals surface area contributed by atoms with Crippen molar-refractivity contribution < 1.29 is 9.47 Å². The van der Waals surface area contributed by atoms with Crippen molar-refractivity contribution in [2.75, 3.05) is 31.7 Å².